The van der Waals surface area contributed by atoms with E-state index in [0.29, 0.717) is 16.4 Å². The summed E-state index contributed by atoms with van der Waals surface area (Å²) in [5.74, 6) is -0.877. The van der Waals surface area contributed by atoms with Gasteiger partial charge in [0.2, 0.25) is 5.95 Å². The second-order valence-corrected chi connectivity index (χ2v) is 5.81. The molecular weight excluding hydrogens is 340 g/mol. The van der Waals surface area contributed by atoms with Crippen molar-refractivity contribution in [3.05, 3.63) is 53.1 Å². The van der Waals surface area contributed by atoms with Gasteiger partial charge in [0.15, 0.2) is 0 Å². The van der Waals surface area contributed by atoms with Gasteiger partial charge in [0.1, 0.15) is 5.82 Å². The zero-order valence-corrected chi connectivity index (χ0v) is 13.3. The number of aliphatic hydroxyl groups is 1. The first-order valence-corrected chi connectivity index (χ1v) is 7.35. The first kappa shape index (κ1) is 17.3. The standard InChI is InChI=1S/C16H14F4N4O/c1-9-7-10(2)22-14(21-9)24-15(25,16(18,19)20)8-13(23-24)11-3-5-12(17)6-4-11/h3-7,25H,8H2,1-2H3/t15-/m1/s1. The van der Waals surface area contributed by atoms with E-state index in [2.05, 4.69) is 15.1 Å². The molecule has 1 aromatic carbocycles. The minimum atomic E-state index is -5.00. The Morgan fingerprint density at radius 1 is 1.08 bits per heavy atom. The number of nitrogens with zero attached hydrogens (tertiary/aromatic N) is 4. The van der Waals surface area contributed by atoms with E-state index < -0.39 is 24.1 Å². The Hall–Kier alpha value is -2.55. The Morgan fingerprint density at radius 2 is 1.64 bits per heavy atom. The van der Waals surface area contributed by atoms with Gasteiger partial charge in [-0.05, 0) is 37.6 Å². The van der Waals surface area contributed by atoms with E-state index in [4.69, 9.17) is 0 Å². The summed E-state index contributed by atoms with van der Waals surface area (Å²) in [6.45, 7) is 3.21. The number of hydrogen-bond acceptors (Lipinski definition) is 5. The fourth-order valence-electron chi connectivity index (χ4n) is 2.58. The van der Waals surface area contributed by atoms with Crippen molar-refractivity contribution in [2.75, 3.05) is 5.01 Å². The number of halogens is 4. The monoisotopic (exact) mass is 354 g/mol. The molecule has 1 aliphatic rings. The lowest BCUT2D eigenvalue weighted by Crippen LogP contribution is -2.55. The van der Waals surface area contributed by atoms with Crippen LogP contribution in [0.25, 0.3) is 0 Å². The fraction of sp³-hybridized carbons (Fsp3) is 0.312. The third-order valence-electron chi connectivity index (χ3n) is 3.78. The average Bonchev–Trinajstić information content (AvgIpc) is 2.86. The van der Waals surface area contributed by atoms with Gasteiger partial charge in [-0.25, -0.2) is 14.4 Å². The van der Waals surface area contributed by atoms with Crippen LogP contribution in [-0.4, -0.2) is 32.7 Å². The molecule has 0 unspecified atom stereocenters. The van der Waals surface area contributed by atoms with Crippen LogP contribution in [0.4, 0.5) is 23.5 Å². The van der Waals surface area contributed by atoms with Gasteiger partial charge in [0.25, 0.3) is 5.72 Å². The van der Waals surface area contributed by atoms with Gasteiger partial charge in [-0.2, -0.15) is 23.3 Å². The Kier molecular flexibility index (Phi) is 3.98. The molecule has 0 saturated carbocycles. The van der Waals surface area contributed by atoms with Crippen molar-refractivity contribution in [2.24, 2.45) is 5.10 Å². The van der Waals surface area contributed by atoms with Crippen LogP contribution < -0.4 is 5.01 Å². The molecule has 2 aromatic rings. The number of anilines is 1. The van der Waals surface area contributed by atoms with Gasteiger partial charge < -0.3 is 5.11 Å². The highest BCUT2D eigenvalue weighted by Gasteiger charge is 2.62. The molecule has 1 aromatic heterocycles. The SMILES string of the molecule is Cc1cc(C)nc(N2N=C(c3ccc(F)cc3)C[C@@]2(O)C(F)(F)F)n1. The van der Waals surface area contributed by atoms with Crippen molar-refractivity contribution in [3.8, 4) is 0 Å². The van der Waals surface area contributed by atoms with Crippen LogP contribution in [0.1, 0.15) is 23.4 Å². The summed E-state index contributed by atoms with van der Waals surface area (Å²) in [6.07, 6.45) is -5.82. The quantitative estimate of drug-likeness (QED) is 0.842. The smallest absolute Gasteiger partial charge is 0.362 e. The number of hydrogen-bond donors (Lipinski definition) is 1. The molecule has 1 aliphatic heterocycles. The van der Waals surface area contributed by atoms with Crippen LogP contribution >= 0.6 is 0 Å². The van der Waals surface area contributed by atoms with E-state index in [-0.39, 0.29) is 17.2 Å². The highest BCUT2D eigenvalue weighted by atomic mass is 19.4. The summed E-state index contributed by atoms with van der Waals surface area (Å²) >= 11 is 0. The molecule has 132 valence electrons. The van der Waals surface area contributed by atoms with Crippen molar-refractivity contribution < 1.29 is 22.7 Å². The lowest BCUT2D eigenvalue weighted by Gasteiger charge is -2.32. The average molecular weight is 354 g/mol. The fourth-order valence-corrected chi connectivity index (χ4v) is 2.58. The highest BCUT2D eigenvalue weighted by Crippen LogP contribution is 2.42. The summed E-state index contributed by atoms with van der Waals surface area (Å²) in [7, 11) is 0. The van der Waals surface area contributed by atoms with Crippen molar-refractivity contribution >= 4 is 11.7 Å². The molecule has 0 amide bonds. The third-order valence-corrected chi connectivity index (χ3v) is 3.78. The van der Waals surface area contributed by atoms with E-state index in [1.807, 2.05) is 0 Å². The summed E-state index contributed by atoms with van der Waals surface area (Å²) in [4.78, 5) is 7.91. The summed E-state index contributed by atoms with van der Waals surface area (Å²) in [6, 6.07) is 6.42. The van der Waals surface area contributed by atoms with Crippen LogP contribution in [0.15, 0.2) is 35.4 Å². The van der Waals surface area contributed by atoms with Gasteiger partial charge in [-0.15, -0.1) is 0 Å². The molecule has 2 heterocycles. The second-order valence-electron chi connectivity index (χ2n) is 5.81. The van der Waals surface area contributed by atoms with Gasteiger partial charge in [-0.3, -0.25) is 0 Å². The minimum Gasteiger partial charge on any atom is -0.362 e. The number of aryl methyl sites for hydroxylation is 2. The molecule has 0 spiro atoms. The molecule has 5 nitrogen and oxygen atoms in total. The number of benzene rings is 1. The Morgan fingerprint density at radius 3 is 2.16 bits per heavy atom. The van der Waals surface area contributed by atoms with Crippen molar-refractivity contribution in [1.82, 2.24) is 9.97 Å². The molecule has 25 heavy (non-hydrogen) atoms. The summed E-state index contributed by atoms with van der Waals surface area (Å²) < 4.78 is 53.7. The zero-order valence-electron chi connectivity index (χ0n) is 13.3. The zero-order chi connectivity index (χ0) is 18.4. The van der Waals surface area contributed by atoms with Gasteiger partial charge in [0, 0.05) is 11.4 Å². The Labute approximate surface area is 140 Å². The highest BCUT2D eigenvalue weighted by molar-refractivity contribution is 6.03. The van der Waals surface area contributed by atoms with Crippen LogP contribution in [0.2, 0.25) is 0 Å². The van der Waals surface area contributed by atoms with Crippen LogP contribution in [0.3, 0.4) is 0 Å². The van der Waals surface area contributed by atoms with E-state index >= 15 is 0 Å². The maximum Gasteiger partial charge on any atom is 0.438 e. The number of aromatic nitrogens is 2. The Bertz CT molecular complexity index is 815. The van der Waals surface area contributed by atoms with Gasteiger partial charge in [0.05, 0.1) is 12.1 Å². The van der Waals surface area contributed by atoms with Gasteiger partial charge in [-0.1, -0.05) is 12.1 Å². The molecule has 9 heteroatoms. The maximum atomic E-state index is 13.6. The van der Waals surface area contributed by atoms with Gasteiger partial charge >= 0.3 is 6.18 Å². The number of rotatable bonds is 2. The molecule has 1 N–H and O–H groups in total. The van der Waals surface area contributed by atoms with E-state index in [1.54, 1.807) is 19.9 Å². The first-order valence-electron chi connectivity index (χ1n) is 7.35. The van der Waals surface area contributed by atoms with Crippen LogP contribution in [0, 0.1) is 19.7 Å². The van der Waals surface area contributed by atoms with E-state index in [0.717, 1.165) is 12.1 Å². The number of hydrazone groups is 1. The largest absolute Gasteiger partial charge is 0.438 e. The number of alkyl halides is 3. The molecule has 0 radical (unpaired) electrons. The lowest BCUT2D eigenvalue weighted by atomic mass is 10.0. The summed E-state index contributed by atoms with van der Waals surface area (Å²) in [5.41, 5.74) is -2.16. The predicted molar refractivity (Wildman–Crippen MR) is 82.5 cm³/mol. The molecule has 3 rings (SSSR count). The minimum absolute atomic E-state index is 0.0393. The molecular formula is C16H14F4N4O. The topological polar surface area (TPSA) is 61.6 Å². The van der Waals surface area contributed by atoms with E-state index in [9.17, 15) is 22.7 Å². The summed E-state index contributed by atoms with van der Waals surface area (Å²) in [5, 5.41) is 14.6. The molecule has 0 fully saturated rings. The van der Waals surface area contributed by atoms with Crippen molar-refractivity contribution in [2.45, 2.75) is 32.2 Å². The van der Waals surface area contributed by atoms with Crippen LogP contribution in [0.5, 0.6) is 0 Å². The lowest BCUT2D eigenvalue weighted by molar-refractivity contribution is -0.254. The Balaban J connectivity index is 2.11. The predicted octanol–water partition coefficient (Wildman–Crippen LogP) is 3.10. The molecule has 0 aliphatic carbocycles. The first-order chi connectivity index (χ1) is 11.6. The third kappa shape index (κ3) is 3.07. The van der Waals surface area contributed by atoms with Crippen molar-refractivity contribution in [1.29, 1.82) is 0 Å². The normalized spacial score (nSPS) is 20.8. The second kappa shape index (κ2) is 5.76. The van der Waals surface area contributed by atoms with Crippen molar-refractivity contribution in [3.63, 3.8) is 0 Å². The maximum absolute atomic E-state index is 13.6. The van der Waals surface area contributed by atoms with E-state index in [1.165, 1.54) is 12.1 Å². The van der Waals surface area contributed by atoms with Crippen LogP contribution in [-0.2, 0) is 0 Å². The molecule has 1 atom stereocenters. The molecule has 0 bridgehead atoms. The molecule has 0 saturated heterocycles.